The SMILES string of the molecule is O=C(Cc1ccc(Cl)cc1F)c1ccc(Br)c(Cl)c1. The van der Waals surface area contributed by atoms with Crippen molar-refractivity contribution in [3.8, 4) is 0 Å². The number of Topliss-reactive ketones (excluding diaryl/α,β-unsaturated/α-hetero) is 1. The quantitative estimate of drug-likeness (QED) is 0.676. The summed E-state index contributed by atoms with van der Waals surface area (Å²) in [4.78, 5) is 12.0. The van der Waals surface area contributed by atoms with E-state index in [4.69, 9.17) is 23.2 Å². The minimum atomic E-state index is -0.482. The van der Waals surface area contributed by atoms with Crippen molar-refractivity contribution < 1.29 is 9.18 Å². The third kappa shape index (κ3) is 3.56. The number of benzene rings is 2. The molecule has 0 amide bonds. The largest absolute Gasteiger partial charge is 0.294 e. The van der Waals surface area contributed by atoms with Gasteiger partial charge in [-0.05, 0) is 45.8 Å². The van der Waals surface area contributed by atoms with Crippen molar-refractivity contribution in [1.29, 1.82) is 0 Å². The molecule has 98 valence electrons. The normalized spacial score (nSPS) is 10.5. The van der Waals surface area contributed by atoms with Gasteiger partial charge in [-0.1, -0.05) is 35.3 Å². The van der Waals surface area contributed by atoms with E-state index < -0.39 is 5.82 Å². The fraction of sp³-hybridized carbons (Fsp3) is 0.0714. The molecular weight excluding hydrogens is 354 g/mol. The topological polar surface area (TPSA) is 17.1 Å². The Kier molecular flexibility index (Phi) is 4.61. The Morgan fingerprint density at radius 2 is 1.89 bits per heavy atom. The molecule has 0 aliphatic heterocycles. The second-order valence-corrected chi connectivity index (χ2v) is 5.66. The zero-order chi connectivity index (χ0) is 14.0. The molecule has 0 saturated heterocycles. The Hall–Kier alpha value is -0.900. The maximum atomic E-state index is 13.6. The van der Waals surface area contributed by atoms with Crippen LogP contribution in [0.3, 0.4) is 0 Å². The van der Waals surface area contributed by atoms with Crippen LogP contribution in [0.15, 0.2) is 40.9 Å². The van der Waals surface area contributed by atoms with Gasteiger partial charge in [-0.25, -0.2) is 4.39 Å². The predicted octanol–water partition coefficient (Wildman–Crippen LogP) is 5.32. The second kappa shape index (κ2) is 6.04. The number of halogens is 4. The highest BCUT2D eigenvalue weighted by molar-refractivity contribution is 9.10. The highest BCUT2D eigenvalue weighted by atomic mass is 79.9. The van der Waals surface area contributed by atoms with E-state index in [9.17, 15) is 9.18 Å². The van der Waals surface area contributed by atoms with Gasteiger partial charge in [-0.2, -0.15) is 0 Å². The van der Waals surface area contributed by atoms with Crippen LogP contribution >= 0.6 is 39.1 Å². The zero-order valence-corrected chi connectivity index (χ0v) is 12.7. The van der Waals surface area contributed by atoms with Gasteiger partial charge in [0.05, 0.1) is 5.02 Å². The lowest BCUT2D eigenvalue weighted by atomic mass is 10.0. The van der Waals surface area contributed by atoms with Gasteiger partial charge in [-0.3, -0.25) is 4.79 Å². The standard InChI is InChI=1S/C14H8BrCl2FO/c15-11-4-2-9(5-12(11)17)14(19)6-8-1-3-10(16)7-13(8)18/h1-5,7H,6H2. The fourth-order valence-corrected chi connectivity index (χ4v) is 2.20. The van der Waals surface area contributed by atoms with E-state index in [0.29, 0.717) is 25.6 Å². The van der Waals surface area contributed by atoms with Crippen LogP contribution in [0.2, 0.25) is 10.0 Å². The van der Waals surface area contributed by atoms with Gasteiger partial charge >= 0.3 is 0 Å². The minimum Gasteiger partial charge on any atom is -0.294 e. The van der Waals surface area contributed by atoms with Crippen LogP contribution in [-0.4, -0.2) is 5.78 Å². The third-order valence-electron chi connectivity index (χ3n) is 2.61. The van der Waals surface area contributed by atoms with Crippen molar-refractivity contribution in [2.24, 2.45) is 0 Å². The van der Waals surface area contributed by atoms with Crippen LogP contribution in [0.1, 0.15) is 15.9 Å². The molecule has 2 aromatic rings. The van der Waals surface area contributed by atoms with Crippen LogP contribution in [0, 0.1) is 5.82 Å². The van der Waals surface area contributed by atoms with Crippen molar-refractivity contribution >= 4 is 44.9 Å². The van der Waals surface area contributed by atoms with E-state index in [1.54, 1.807) is 24.3 Å². The molecule has 0 N–H and O–H groups in total. The first-order valence-corrected chi connectivity index (χ1v) is 6.94. The second-order valence-electron chi connectivity index (χ2n) is 3.96. The Morgan fingerprint density at radius 3 is 2.53 bits per heavy atom. The van der Waals surface area contributed by atoms with Crippen molar-refractivity contribution in [2.75, 3.05) is 0 Å². The summed E-state index contributed by atoms with van der Waals surface area (Å²) in [5.74, 6) is -0.681. The summed E-state index contributed by atoms with van der Waals surface area (Å²) in [5, 5.41) is 0.753. The van der Waals surface area contributed by atoms with E-state index in [2.05, 4.69) is 15.9 Å². The Labute approximate surface area is 128 Å². The molecule has 19 heavy (non-hydrogen) atoms. The molecule has 0 atom stereocenters. The van der Waals surface area contributed by atoms with Gasteiger partial charge in [0.15, 0.2) is 5.78 Å². The Balaban J connectivity index is 2.23. The maximum Gasteiger partial charge on any atom is 0.167 e. The number of ketones is 1. The summed E-state index contributed by atoms with van der Waals surface area (Å²) in [6.07, 6.45) is -0.0268. The van der Waals surface area contributed by atoms with E-state index in [-0.39, 0.29) is 12.2 Å². The first-order chi connectivity index (χ1) is 8.97. The lowest BCUT2D eigenvalue weighted by Gasteiger charge is -2.05. The number of hydrogen-bond acceptors (Lipinski definition) is 1. The van der Waals surface area contributed by atoms with E-state index in [1.165, 1.54) is 12.1 Å². The van der Waals surface area contributed by atoms with Crippen LogP contribution < -0.4 is 0 Å². The van der Waals surface area contributed by atoms with E-state index in [1.807, 2.05) is 0 Å². The molecule has 0 radical (unpaired) electrons. The molecule has 0 aromatic heterocycles. The molecule has 5 heteroatoms. The van der Waals surface area contributed by atoms with Gasteiger partial charge in [0.2, 0.25) is 0 Å². The highest BCUT2D eigenvalue weighted by Gasteiger charge is 2.12. The van der Waals surface area contributed by atoms with E-state index in [0.717, 1.165) is 0 Å². The van der Waals surface area contributed by atoms with Crippen molar-refractivity contribution in [1.82, 2.24) is 0 Å². The number of carbonyl (C=O) groups excluding carboxylic acids is 1. The molecule has 0 spiro atoms. The first-order valence-electron chi connectivity index (χ1n) is 5.39. The number of carbonyl (C=O) groups is 1. The summed E-state index contributed by atoms with van der Waals surface area (Å²) in [6.45, 7) is 0. The first kappa shape index (κ1) is 14.5. The molecule has 0 aliphatic rings. The summed E-state index contributed by atoms with van der Waals surface area (Å²) in [7, 11) is 0. The van der Waals surface area contributed by atoms with Crippen LogP contribution in [0.5, 0.6) is 0 Å². The Morgan fingerprint density at radius 1 is 1.16 bits per heavy atom. The number of hydrogen-bond donors (Lipinski definition) is 0. The van der Waals surface area contributed by atoms with E-state index >= 15 is 0 Å². The maximum absolute atomic E-state index is 13.6. The highest BCUT2D eigenvalue weighted by Crippen LogP contribution is 2.24. The lowest BCUT2D eigenvalue weighted by Crippen LogP contribution is -2.05. The number of rotatable bonds is 3. The zero-order valence-electron chi connectivity index (χ0n) is 9.59. The van der Waals surface area contributed by atoms with Crippen molar-refractivity contribution in [3.05, 3.63) is 67.9 Å². The van der Waals surface area contributed by atoms with Crippen molar-refractivity contribution in [2.45, 2.75) is 6.42 Å². The third-order valence-corrected chi connectivity index (χ3v) is 4.08. The van der Waals surface area contributed by atoms with Gasteiger partial charge in [0.25, 0.3) is 0 Å². The minimum absolute atomic E-state index is 0.0268. The lowest BCUT2D eigenvalue weighted by molar-refractivity contribution is 0.0992. The average Bonchev–Trinajstić information content (AvgIpc) is 2.36. The fourth-order valence-electron chi connectivity index (χ4n) is 1.61. The molecule has 2 rings (SSSR count). The molecular formula is C14H8BrCl2FO. The average molecular weight is 362 g/mol. The van der Waals surface area contributed by atoms with Crippen LogP contribution in [0.4, 0.5) is 4.39 Å². The van der Waals surface area contributed by atoms with Crippen molar-refractivity contribution in [3.63, 3.8) is 0 Å². The molecule has 0 bridgehead atoms. The summed E-state index contributed by atoms with van der Waals surface area (Å²) >= 11 is 14.8. The Bertz CT molecular complexity index is 643. The smallest absolute Gasteiger partial charge is 0.167 e. The molecule has 0 fully saturated rings. The summed E-state index contributed by atoms with van der Waals surface area (Å²) in [5.41, 5.74) is 0.760. The van der Waals surface area contributed by atoms with Gasteiger partial charge < -0.3 is 0 Å². The molecule has 0 heterocycles. The monoisotopic (exact) mass is 360 g/mol. The summed E-state index contributed by atoms with van der Waals surface area (Å²) in [6, 6.07) is 9.15. The van der Waals surface area contributed by atoms with Crippen LogP contribution in [-0.2, 0) is 6.42 Å². The van der Waals surface area contributed by atoms with Gasteiger partial charge in [-0.15, -0.1) is 0 Å². The predicted molar refractivity (Wildman–Crippen MR) is 78.6 cm³/mol. The van der Waals surface area contributed by atoms with Gasteiger partial charge in [0.1, 0.15) is 5.82 Å². The molecule has 2 aromatic carbocycles. The molecule has 0 unspecified atom stereocenters. The molecule has 0 saturated carbocycles. The molecule has 1 nitrogen and oxygen atoms in total. The van der Waals surface area contributed by atoms with Gasteiger partial charge in [0, 0.05) is 21.5 Å². The molecule has 0 aliphatic carbocycles. The summed E-state index contributed by atoms with van der Waals surface area (Å²) < 4.78 is 14.3. The van der Waals surface area contributed by atoms with Crippen LogP contribution in [0.25, 0.3) is 0 Å².